The minimum absolute atomic E-state index is 0.0390. The number of alkyl halides is 2. The van der Waals surface area contributed by atoms with Gasteiger partial charge in [0.25, 0.3) is 0 Å². The van der Waals surface area contributed by atoms with Crippen LogP contribution in [0.1, 0.15) is 13.3 Å². The maximum Gasteiger partial charge on any atom is 0.387 e. The Bertz CT molecular complexity index is 465. The molecule has 3 N–H and O–H groups in total. The van der Waals surface area contributed by atoms with Crippen LogP contribution in [-0.2, 0) is 4.79 Å². The number of aliphatic carboxylic acids is 1. The Labute approximate surface area is 113 Å². The summed E-state index contributed by atoms with van der Waals surface area (Å²) in [7, 11) is 0. The number of rotatable bonds is 6. The molecule has 0 aliphatic carbocycles. The molecule has 1 aromatic rings. The summed E-state index contributed by atoms with van der Waals surface area (Å²) in [6.07, 6.45) is 0.240. The first kappa shape index (κ1) is 15.7. The molecule has 110 valence electrons. The molecule has 1 aromatic carbocycles. The number of carbonyl (C=O) groups is 2. The number of carboxylic acid groups (broad SMARTS) is 1. The van der Waals surface area contributed by atoms with Gasteiger partial charge in [-0.2, -0.15) is 8.78 Å². The van der Waals surface area contributed by atoms with Gasteiger partial charge in [0, 0.05) is 5.69 Å². The van der Waals surface area contributed by atoms with Gasteiger partial charge in [-0.1, -0.05) is 6.92 Å². The van der Waals surface area contributed by atoms with Crippen LogP contribution in [0.2, 0.25) is 0 Å². The summed E-state index contributed by atoms with van der Waals surface area (Å²) in [6.45, 7) is -1.30. The molecule has 8 heteroatoms. The van der Waals surface area contributed by atoms with Crippen LogP contribution in [0.25, 0.3) is 0 Å². The molecular formula is C12H14F2N2O4. The van der Waals surface area contributed by atoms with Crippen molar-refractivity contribution in [1.82, 2.24) is 5.32 Å². The van der Waals surface area contributed by atoms with Gasteiger partial charge in [-0.25, -0.2) is 9.59 Å². The van der Waals surface area contributed by atoms with Crippen LogP contribution in [0.15, 0.2) is 24.3 Å². The summed E-state index contributed by atoms with van der Waals surface area (Å²) in [5.74, 6) is -1.17. The fourth-order valence-electron chi connectivity index (χ4n) is 1.38. The summed E-state index contributed by atoms with van der Waals surface area (Å²) in [5, 5.41) is 13.4. The van der Waals surface area contributed by atoms with Gasteiger partial charge >= 0.3 is 18.6 Å². The second-order valence-electron chi connectivity index (χ2n) is 3.80. The Morgan fingerprint density at radius 2 is 1.90 bits per heavy atom. The molecule has 1 unspecified atom stereocenters. The van der Waals surface area contributed by atoms with E-state index in [0.29, 0.717) is 5.69 Å². The number of urea groups is 1. The quantitative estimate of drug-likeness (QED) is 0.749. The molecule has 0 saturated carbocycles. The SMILES string of the molecule is CCC(NC(=O)Nc1ccc(OC(F)F)cc1)C(=O)O. The van der Waals surface area contributed by atoms with E-state index in [2.05, 4.69) is 15.4 Å². The van der Waals surface area contributed by atoms with E-state index in [0.717, 1.165) is 0 Å². The lowest BCUT2D eigenvalue weighted by atomic mass is 10.2. The molecule has 6 nitrogen and oxygen atoms in total. The minimum Gasteiger partial charge on any atom is -0.480 e. The van der Waals surface area contributed by atoms with Crippen molar-refractivity contribution in [2.75, 3.05) is 5.32 Å². The number of carboxylic acids is 1. The second kappa shape index (κ2) is 7.27. The maximum absolute atomic E-state index is 11.9. The van der Waals surface area contributed by atoms with Crippen molar-refractivity contribution in [3.8, 4) is 5.75 Å². The van der Waals surface area contributed by atoms with Crippen molar-refractivity contribution in [1.29, 1.82) is 0 Å². The molecule has 0 aromatic heterocycles. The molecule has 0 bridgehead atoms. The van der Waals surface area contributed by atoms with Crippen LogP contribution in [0.5, 0.6) is 5.75 Å². The van der Waals surface area contributed by atoms with Crippen LogP contribution < -0.4 is 15.4 Å². The third kappa shape index (κ3) is 5.09. The molecule has 0 spiro atoms. The van der Waals surface area contributed by atoms with E-state index in [1.807, 2.05) is 0 Å². The molecule has 2 amide bonds. The van der Waals surface area contributed by atoms with Gasteiger partial charge in [0.2, 0.25) is 0 Å². The van der Waals surface area contributed by atoms with E-state index < -0.39 is 24.7 Å². The average Bonchev–Trinajstić information content (AvgIpc) is 2.37. The van der Waals surface area contributed by atoms with Crippen molar-refractivity contribution in [3.63, 3.8) is 0 Å². The van der Waals surface area contributed by atoms with E-state index in [1.54, 1.807) is 6.92 Å². The molecular weight excluding hydrogens is 274 g/mol. The molecule has 1 atom stereocenters. The van der Waals surface area contributed by atoms with Crippen LogP contribution in [0.4, 0.5) is 19.3 Å². The molecule has 0 fully saturated rings. The van der Waals surface area contributed by atoms with Crippen LogP contribution in [0, 0.1) is 0 Å². The molecule has 0 saturated heterocycles. The monoisotopic (exact) mass is 288 g/mol. The van der Waals surface area contributed by atoms with Crippen LogP contribution in [-0.4, -0.2) is 29.8 Å². The van der Waals surface area contributed by atoms with Crippen LogP contribution >= 0.6 is 0 Å². The van der Waals surface area contributed by atoms with Gasteiger partial charge in [-0.15, -0.1) is 0 Å². The summed E-state index contributed by atoms with van der Waals surface area (Å²) < 4.78 is 28.0. The molecule has 0 aliphatic heterocycles. The third-order valence-corrected chi connectivity index (χ3v) is 2.35. The topological polar surface area (TPSA) is 87.7 Å². The van der Waals surface area contributed by atoms with E-state index in [-0.39, 0.29) is 12.2 Å². The molecule has 20 heavy (non-hydrogen) atoms. The van der Waals surface area contributed by atoms with E-state index >= 15 is 0 Å². The van der Waals surface area contributed by atoms with E-state index in [9.17, 15) is 18.4 Å². The number of hydrogen-bond donors (Lipinski definition) is 3. The number of anilines is 1. The molecule has 0 heterocycles. The Kier molecular flexibility index (Phi) is 5.70. The Morgan fingerprint density at radius 1 is 1.30 bits per heavy atom. The first-order valence-corrected chi connectivity index (χ1v) is 5.77. The lowest BCUT2D eigenvalue weighted by molar-refractivity contribution is -0.139. The van der Waals surface area contributed by atoms with Gasteiger partial charge in [0.05, 0.1) is 0 Å². The minimum atomic E-state index is -2.92. The first-order chi connectivity index (χ1) is 9.42. The molecule has 0 aliphatic rings. The Balaban J connectivity index is 2.55. The highest BCUT2D eigenvalue weighted by atomic mass is 19.3. The van der Waals surface area contributed by atoms with Gasteiger partial charge in [0.15, 0.2) is 0 Å². The number of benzene rings is 1. The zero-order valence-electron chi connectivity index (χ0n) is 10.6. The molecule has 0 radical (unpaired) electrons. The third-order valence-electron chi connectivity index (χ3n) is 2.35. The van der Waals surface area contributed by atoms with Crippen LogP contribution in [0.3, 0.4) is 0 Å². The van der Waals surface area contributed by atoms with E-state index in [4.69, 9.17) is 5.11 Å². The first-order valence-electron chi connectivity index (χ1n) is 5.77. The maximum atomic E-state index is 11.9. The number of nitrogens with one attached hydrogen (secondary N) is 2. The Hall–Kier alpha value is -2.38. The lowest BCUT2D eigenvalue weighted by Crippen LogP contribution is -2.42. The Morgan fingerprint density at radius 3 is 2.35 bits per heavy atom. The number of halogens is 2. The molecule has 1 rings (SSSR count). The average molecular weight is 288 g/mol. The normalized spacial score (nSPS) is 11.8. The second-order valence-corrected chi connectivity index (χ2v) is 3.80. The summed E-state index contributed by atoms with van der Waals surface area (Å²) in [5.41, 5.74) is 0.323. The van der Waals surface area contributed by atoms with Gasteiger partial charge in [-0.05, 0) is 30.7 Å². The fraction of sp³-hybridized carbons (Fsp3) is 0.333. The van der Waals surface area contributed by atoms with Crippen molar-refractivity contribution < 1.29 is 28.2 Å². The van der Waals surface area contributed by atoms with Crippen molar-refractivity contribution in [3.05, 3.63) is 24.3 Å². The number of carbonyl (C=O) groups excluding carboxylic acids is 1. The predicted molar refractivity (Wildman–Crippen MR) is 66.9 cm³/mol. The van der Waals surface area contributed by atoms with Gasteiger partial charge < -0.3 is 20.5 Å². The number of ether oxygens (including phenoxy) is 1. The largest absolute Gasteiger partial charge is 0.480 e. The zero-order valence-corrected chi connectivity index (χ0v) is 10.6. The lowest BCUT2D eigenvalue weighted by Gasteiger charge is -2.13. The zero-order chi connectivity index (χ0) is 15.1. The van der Waals surface area contributed by atoms with Crippen molar-refractivity contribution in [2.24, 2.45) is 0 Å². The van der Waals surface area contributed by atoms with Crippen molar-refractivity contribution in [2.45, 2.75) is 26.0 Å². The highest BCUT2D eigenvalue weighted by Crippen LogP contribution is 2.17. The number of amides is 2. The highest BCUT2D eigenvalue weighted by molar-refractivity contribution is 5.92. The van der Waals surface area contributed by atoms with Gasteiger partial charge in [-0.3, -0.25) is 0 Å². The van der Waals surface area contributed by atoms with E-state index in [1.165, 1.54) is 24.3 Å². The summed E-state index contributed by atoms with van der Waals surface area (Å²) in [4.78, 5) is 22.2. The van der Waals surface area contributed by atoms with Crippen molar-refractivity contribution >= 4 is 17.7 Å². The highest BCUT2D eigenvalue weighted by Gasteiger charge is 2.17. The predicted octanol–water partition coefficient (Wildman–Crippen LogP) is 2.27. The summed E-state index contributed by atoms with van der Waals surface area (Å²) >= 11 is 0. The summed E-state index contributed by atoms with van der Waals surface area (Å²) in [6, 6.07) is 3.56. The fourth-order valence-corrected chi connectivity index (χ4v) is 1.38. The smallest absolute Gasteiger partial charge is 0.387 e. The van der Waals surface area contributed by atoms with Gasteiger partial charge in [0.1, 0.15) is 11.8 Å². The standard InChI is InChI=1S/C12H14F2N2O4/c1-2-9(10(17)18)16-12(19)15-7-3-5-8(6-4-7)20-11(13)14/h3-6,9,11H,2H2,1H3,(H,17,18)(H2,15,16,19). The number of hydrogen-bond acceptors (Lipinski definition) is 3.